The molecule has 1 aromatic rings. The minimum absolute atomic E-state index is 0.143. The quantitative estimate of drug-likeness (QED) is 0.759. The van der Waals surface area contributed by atoms with Gasteiger partial charge in [-0.1, -0.05) is 26.0 Å². The van der Waals surface area contributed by atoms with Gasteiger partial charge in [-0.15, -0.1) is 0 Å². The van der Waals surface area contributed by atoms with Crippen molar-refractivity contribution in [3.05, 3.63) is 35.6 Å². The molecular formula is C13H20FN. The summed E-state index contributed by atoms with van der Waals surface area (Å²) in [5.41, 5.74) is 1.06. The minimum Gasteiger partial charge on any atom is -0.314 e. The predicted octanol–water partition coefficient (Wildman–Crippen LogP) is 3.15. The summed E-state index contributed by atoms with van der Waals surface area (Å²) in [4.78, 5) is 0. The Bertz CT molecular complexity index is 282. The summed E-state index contributed by atoms with van der Waals surface area (Å²) < 4.78 is 12.9. The molecule has 0 saturated heterocycles. The number of halogens is 1. The number of nitrogens with one attached hydrogen (secondary N) is 1. The first-order chi connectivity index (χ1) is 7.26. The van der Waals surface area contributed by atoms with Crippen LogP contribution in [-0.2, 0) is 6.42 Å². The summed E-state index contributed by atoms with van der Waals surface area (Å²) in [5.74, 6) is -0.143. The van der Waals surface area contributed by atoms with Crippen LogP contribution in [0, 0.1) is 5.82 Å². The van der Waals surface area contributed by atoms with Crippen LogP contribution in [-0.4, -0.2) is 12.6 Å². The number of hydrogen-bond acceptors (Lipinski definition) is 1. The third-order valence-electron chi connectivity index (χ3n) is 2.72. The second-order valence-corrected chi connectivity index (χ2v) is 3.85. The Morgan fingerprint density at radius 3 is 2.60 bits per heavy atom. The number of hydrogen-bond donors (Lipinski definition) is 1. The van der Waals surface area contributed by atoms with Crippen molar-refractivity contribution in [3.8, 4) is 0 Å². The van der Waals surface area contributed by atoms with Gasteiger partial charge in [0.25, 0.3) is 0 Å². The summed E-state index contributed by atoms with van der Waals surface area (Å²) in [6.07, 6.45) is 3.20. The van der Waals surface area contributed by atoms with Gasteiger partial charge in [0.05, 0.1) is 0 Å². The first-order valence-corrected chi connectivity index (χ1v) is 5.74. The van der Waals surface area contributed by atoms with E-state index in [0.29, 0.717) is 6.04 Å². The molecule has 0 spiro atoms. The zero-order valence-electron chi connectivity index (χ0n) is 9.59. The van der Waals surface area contributed by atoms with E-state index < -0.39 is 0 Å². The third kappa shape index (κ3) is 4.43. The lowest BCUT2D eigenvalue weighted by atomic mass is 10.1. The molecule has 0 radical (unpaired) electrons. The molecule has 15 heavy (non-hydrogen) atoms. The molecule has 84 valence electrons. The first kappa shape index (κ1) is 12.2. The minimum atomic E-state index is -0.143. The third-order valence-corrected chi connectivity index (χ3v) is 2.72. The van der Waals surface area contributed by atoms with E-state index in [4.69, 9.17) is 0 Å². The van der Waals surface area contributed by atoms with E-state index in [-0.39, 0.29) is 5.82 Å². The fourth-order valence-corrected chi connectivity index (χ4v) is 1.69. The van der Waals surface area contributed by atoms with E-state index >= 15 is 0 Å². The van der Waals surface area contributed by atoms with Crippen LogP contribution in [0.5, 0.6) is 0 Å². The average molecular weight is 209 g/mol. The number of rotatable bonds is 6. The zero-order valence-corrected chi connectivity index (χ0v) is 9.59. The van der Waals surface area contributed by atoms with E-state index in [1.165, 1.54) is 6.07 Å². The van der Waals surface area contributed by atoms with Gasteiger partial charge in [0, 0.05) is 6.04 Å². The monoisotopic (exact) mass is 209 g/mol. The smallest absolute Gasteiger partial charge is 0.123 e. The molecule has 1 aromatic carbocycles. The molecule has 0 unspecified atom stereocenters. The van der Waals surface area contributed by atoms with Gasteiger partial charge in [0.2, 0.25) is 0 Å². The van der Waals surface area contributed by atoms with Crippen molar-refractivity contribution in [2.75, 3.05) is 6.54 Å². The Morgan fingerprint density at radius 2 is 2.00 bits per heavy atom. The molecule has 1 N–H and O–H groups in total. The molecule has 0 atom stereocenters. The lowest BCUT2D eigenvalue weighted by Gasteiger charge is -2.14. The van der Waals surface area contributed by atoms with Crippen molar-refractivity contribution in [1.29, 1.82) is 0 Å². The standard InChI is InChI=1S/C13H20FN/c1-3-13(4-2)15-9-8-11-6-5-7-12(14)10-11/h5-7,10,13,15H,3-4,8-9H2,1-2H3. The van der Waals surface area contributed by atoms with Crippen LogP contribution in [0.3, 0.4) is 0 Å². The summed E-state index contributed by atoms with van der Waals surface area (Å²) >= 11 is 0. The molecule has 0 saturated carbocycles. The maximum Gasteiger partial charge on any atom is 0.123 e. The van der Waals surface area contributed by atoms with E-state index in [1.54, 1.807) is 12.1 Å². The van der Waals surface area contributed by atoms with Crippen LogP contribution in [0.2, 0.25) is 0 Å². The van der Waals surface area contributed by atoms with Crippen molar-refractivity contribution in [2.24, 2.45) is 0 Å². The Labute approximate surface area is 91.7 Å². The fraction of sp³-hybridized carbons (Fsp3) is 0.538. The van der Waals surface area contributed by atoms with E-state index in [0.717, 1.165) is 31.4 Å². The molecule has 0 bridgehead atoms. The molecule has 0 aromatic heterocycles. The molecule has 1 rings (SSSR count). The van der Waals surface area contributed by atoms with E-state index in [2.05, 4.69) is 19.2 Å². The van der Waals surface area contributed by atoms with Crippen molar-refractivity contribution in [1.82, 2.24) is 5.32 Å². The summed E-state index contributed by atoms with van der Waals surface area (Å²) in [7, 11) is 0. The number of benzene rings is 1. The van der Waals surface area contributed by atoms with Gasteiger partial charge in [-0.2, -0.15) is 0 Å². The van der Waals surface area contributed by atoms with Crippen LogP contribution >= 0.6 is 0 Å². The fourth-order valence-electron chi connectivity index (χ4n) is 1.69. The molecule has 0 aliphatic rings. The highest BCUT2D eigenvalue weighted by molar-refractivity contribution is 5.16. The molecule has 0 aliphatic heterocycles. The van der Waals surface area contributed by atoms with Gasteiger partial charge in [-0.3, -0.25) is 0 Å². The Morgan fingerprint density at radius 1 is 1.27 bits per heavy atom. The predicted molar refractivity (Wildman–Crippen MR) is 62.5 cm³/mol. The Kier molecular flexibility index (Phi) is 5.33. The maximum absolute atomic E-state index is 12.9. The van der Waals surface area contributed by atoms with Gasteiger partial charge >= 0.3 is 0 Å². The molecule has 2 heteroatoms. The van der Waals surface area contributed by atoms with Crippen molar-refractivity contribution in [2.45, 2.75) is 39.2 Å². The van der Waals surface area contributed by atoms with Gasteiger partial charge in [-0.25, -0.2) is 4.39 Å². The van der Waals surface area contributed by atoms with Crippen molar-refractivity contribution >= 4 is 0 Å². The van der Waals surface area contributed by atoms with E-state index in [1.807, 2.05) is 6.07 Å². The van der Waals surface area contributed by atoms with Crippen LogP contribution in [0.1, 0.15) is 32.3 Å². The van der Waals surface area contributed by atoms with Crippen LogP contribution in [0.15, 0.2) is 24.3 Å². The maximum atomic E-state index is 12.9. The normalized spacial score (nSPS) is 10.9. The summed E-state index contributed by atoms with van der Waals surface area (Å²) in [5, 5.41) is 3.46. The second kappa shape index (κ2) is 6.57. The van der Waals surface area contributed by atoms with Crippen LogP contribution < -0.4 is 5.32 Å². The Hall–Kier alpha value is -0.890. The van der Waals surface area contributed by atoms with E-state index in [9.17, 15) is 4.39 Å². The lowest BCUT2D eigenvalue weighted by molar-refractivity contribution is 0.488. The second-order valence-electron chi connectivity index (χ2n) is 3.85. The first-order valence-electron chi connectivity index (χ1n) is 5.74. The average Bonchev–Trinajstić information content (AvgIpc) is 2.25. The molecule has 1 nitrogen and oxygen atoms in total. The van der Waals surface area contributed by atoms with Gasteiger partial charge in [0.1, 0.15) is 5.82 Å². The highest BCUT2D eigenvalue weighted by Gasteiger charge is 2.01. The molecule has 0 aliphatic carbocycles. The van der Waals surface area contributed by atoms with Gasteiger partial charge < -0.3 is 5.32 Å². The topological polar surface area (TPSA) is 12.0 Å². The highest BCUT2D eigenvalue weighted by Crippen LogP contribution is 2.04. The zero-order chi connectivity index (χ0) is 11.1. The van der Waals surface area contributed by atoms with Crippen LogP contribution in [0.25, 0.3) is 0 Å². The summed E-state index contributed by atoms with van der Waals surface area (Å²) in [6.45, 7) is 5.29. The van der Waals surface area contributed by atoms with Gasteiger partial charge in [0.15, 0.2) is 0 Å². The molecule has 0 amide bonds. The summed E-state index contributed by atoms with van der Waals surface area (Å²) in [6, 6.07) is 7.42. The molecular weight excluding hydrogens is 189 g/mol. The Balaban J connectivity index is 2.31. The van der Waals surface area contributed by atoms with Crippen LogP contribution in [0.4, 0.5) is 4.39 Å². The molecule has 0 fully saturated rings. The van der Waals surface area contributed by atoms with Gasteiger partial charge in [-0.05, 0) is 43.5 Å². The highest BCUT2D eigenvalue weighted by atomic mass is 19.1. The largest absolute Gasteiger partial charge is 0.314 e. The lowest BCUT2D eigenvalue weighted by Crippen LogP contribution is -2.29. The van der Waals surface area contributed by atoms with Crippen molar-refractivity contribution in [3.63, 3.8) is 0 Å². The SMILES string of the molecule is CCC(CC)NCCc1cccc(F)c1. The van der Waals surface area contributed by atoms with Crippen molar-refractivity contribution < 1.29 is 4.39 Å². The molecule has 0 heterocycles.